The summed E-state index contributed by atoms with van der Waals surface area (Å²) in [5.41, 5.74) is 0.861. The van der Waals surface area contributed by atoms with Crippen LogP contribution in [0.4, 0.5) is 11.4 Å². The number of fused-ring (bicyclic) bond motifs is 1. The number of ether oxygens (including phenoxy) is 2. The van der Waals surface area contributed by atoms with Gasteiger partial charge in [-0.25, -0.2) is 9.78 Å². The van der Waals surface area contributed by atoms with Gasteiger partial charge in [-0.3, -0.25) is 4.79 Å². The Kier molecular flexibility index (Phi) is 6.51. The van der Waals surface area contributed by atoms with Crippen LogP contribution >= 0.6 is 0 Å². The maximum Gasteiger partial charge on any atom is 0.339 e. The molecule has 37 heavy (non-hydrogen) atoms. The number of piperazine rings is 1. The molecule has 3 aromatic rings. The molecule has 0 aliphatic carbocycles. The molecule has 2 aromatic carbocycles. The van der Waals surface area contributed by atoms with Crippen LogP contribution in [0, 0.1) is 11.3 Å². The van der Waals surface area contributed by atoms with Crippen molar-refractivity contribution in [1.29, 1.82) is 5.26 Å². The number of benzene rings is 2. The van der Waals surface area contributed by atoms with Gasteiger partial charge in [-0.1, -0.05) is 0 Å². The molecule has 1 saturated heterocycles. The lowest BCUT2D eigenvalue weighted by Crippen LogP contribution is -2.44. The quantitative estimate of drug-likeness (QED) is 0.518. The van der Waals surface area contributed by atoms with Crippen molar-refractivity contribution in [3.05, 3.63) is 83.0 Å². The number of pyridine rings is 1. The summed E-state index contributed by atoms with van der Waals surface area (Å²) in [5.74, 6) is -1.07. The topological polar surface area (TPSA) is 108 Å². The lowest BCUT2D eigenvalue weighted by Gasteiger charge is -2.34. The predicted octanol–water partition coefficient (Wildman–Crippen LogP) is 3.16. The van der Waals surface area contributed by atoms with Crippen LogP contribution in [0.15, 0.2) is 60.8 Å². The zero-order valence-corrected chi connectivity index (χ0v) is 20.7. The smallest absolute Gasteiger partial charge is 0.339 e. The summed E-state index contributed by atoms with van der Waals surface area (Å²) in [6, 6.07) is 17.4. The van der Waals surface area contributed by atoms with E-state index in [4.69, 9.17) is 9.47 Å². The van der Waals surface area contributed by atoms with E-state index in [0.717, 1.165) is 31.9 Å². The summed E-state index contributed by atoms with van der Waals surface area (Å²) in [7, 11) is 2.10. The number of hydrogen-bond donors (Lipinski definition) is 1. The molecular weight excluding hydrogens is 470 g/mol. The molecule has 188 valence electrons. The highest BCUT2D eigenvalue weighted by molar-refractivity contribution is 6.09. The van der Waals surface area contributed by atoms with Crippen molar-refractivity contribution in [2.45, 2.75) is 12.5 Å². The fourth-order valence-electron chi connectivity index (χ4n) is 4.75. The van der Waals surface area contributed by atoms with E-state index in [0.29, 0.717) is 29.0 Å². The molecule has 3 heterocycles. The number of carbonyl (C=O) groups is 2. The zero-order chi connectivity index (χ0) is 26.0. The van der Waals surface area contributed by atoms with Crippen LogP contribution in [0.1, 0.15) is 34.0 Å². The summed E-state index contributed by atoms with van der Waals surface area (Å²) < 4.78 is 11.8. The van der Waals surface area contributed by atoms with Crippen molar-refractivity contribution >= 4 is 23.3 Å². The SMILES string of the molecule is CCOc1ncccc1C1(OC(=O)c2ccc(N3CCN(C)CC3)cc2)C(=O)Nc2ccc(C#N)cc21. The van der Waals surface area contributed by atoms with Crippen LogP contribution < -0.4 is 15.0 Å². The molecule has 1 N–H and O–H groups in total. The van der Waals surface area contributed by atoms with Gasteiger partial charge in [0.15, 0.2) is 0 Å². The number of esters is 1. The first-order valence-corrected chi connectivity index (χ1v) is 12.2. The van der Waals surface area contributed by atoms with Gasteiger partial charge >= 0.3 is 5.97 Å². The van der Waals surface area contributed by atoms with Gasteiger partial charge in [-0.15, -0.1) is 0 Å². The third-order valence-electron chi connectivity index (χ3n) is 6.74. The Balaban J connectivity index is 1.54. The maximum absolute atomic E-state index is 13.6. The Morgan fingerprint density at radius 1 is 1.11 bits per heavy atom. The largest absolute Gasteiger partial charge is 0.478 e. The number of rotatable bonds is 6. The van der Waals surface area contributed by atoms with E-state index in [1.807, 2.05) is 12.1 Å². The molecule has 0 bridgehead atoms. The number of nitriles is 1. The lowest BCUT2D eigenvalue weighted by molar-refractivity contribution is -0.131. The molecule has 0 spiro atoms. The van der Waals surface area contributed by atoms with Gasteiger partial charge in [0.25, 0.3) is 5.91 Å². The first-order chi connectivity index (χ1) is 18.0. The van der Waals surface area contributed by atoms with E-state index in [1.54, 1.807) is 55.6 Å². The summed E-state index contributed by atoms with van der Waals surface area (Å²) in [6.45, 7) is 5.85. The number of carbonyl (C=O) groups excluding carboxylic acids is 2. The number of hydrogen-bond acceptors (Lipinski definition) is 8. The molecule has 9 heteroatoms. The van der Waals surface area contributed by atoms with Crippen LogP contribution in [0.2, 0.25) is 0 Å². The van der Waals surface area contributed by atoms with Crippen LogP contribution in [0.5, 0.6) is 5.88 Å². The molecule has 2 aliphatic rings. The first-order valence-electron chi connectivity index (χ1n) is 12.2. The van der Waals surface area contributed by atoms with Crippen molar-refractivity contribution in [2.24, 2.45) is 0 Å². The van der Waals surface area contributed by atoms with Crippen molar-refractivity contribution in [3.8, 4) is 11.9 Å². The number of anilines is 2. The summed E-state index contributed by atoms with van der Waals surface area (Å²) >= 11 is 0. The fraction of sp³-hybridized carbons (Fsp3) is 0.286. The number of amides is 1. The Morgan fingerprint density at radius 2 is 1.86 bits per heavy atom. The second-order valence-corrected chi connectivity index (χ2v) is 9.02. The monoisotopic (exact) mass is 497 g/mol. The first kappa shape index (κ1) is 24.3. The third-order valence-corrected chi connectivity index (χ3v) is 6.74. The standard InChI is InChI=1S/C28H27N5O4/c1-3-36-25-22(5-4-12-30-25)28(23-17-19(18-29)6-11-24(23)31-27(28)35)37-26(34)20-7-9-21(10-8-20)33-15-13-32(2)14-16-33/h4-12,17H,3,13-16H2,1-2H3,(H,31,35). The van der Waals surface area contributed by atoms with Gasteiger partial charge in [-0.05, 0) is 68.6 Å². The Hall–Kier alpha value is -4.42. The van der Waals surface area contributed by atoms with Gasteiger partial charge in [0.05, 0.1) is 29.4 Å². The van der Waals surface area contributed by atoms with Gasteiger partial charge in [0.1, 0.15) is 0 Å². The summed E-state index contributed by atoms with van der Waals surface area (Å²) in [6.07, 6.45) is 1.54. The second-order valence-electron chi connectivity index (χ2n) is 9.02. The molecule has 1 fully saturated rings. The van der Waals surface area contributed by atoms with E-state index >= 15 is 0 Å². The zero-order valence-electron chi connectivity index (χ0n) is 20.7. The minimum absolute atomic E-state index is 0.175. The van der Waals surface area contributed by atoms with E-state index in [-0.39, 0.29) is 11.4 Å². The number of likely N-dealkylation sites (N-methyl/N-ethyl adjacent to an activating group) is 1. The van der Waals surface area contributed by atoms with Crippen molar-refractivity contribution in [2.75, 3.05) is 50.1 Å². The van der Waals surface area contributed by atoms with E-state index < -0.39 is 17.5 Å². The van der Waals surface area contributed by atoms with E-state index in [9.17, 15) is 14.9 Å². The average Bonchev–Trinajstić information content (AvgIpc) is 3.20. The molecule has 1 atom stereocenters. The molecule has 5 rings (SSSR count). The lowest BCUT2D eigenvalue weighted by atomic mass is 9.86. The van der Waals surface area contributed by atoms with Gasteiger partial charge < -0.3 is 24.6 Å². The normalized spacial score (nSPS) is 19.1. The van der Waals surface area contributed by atoms with E-state index in [2.05, 4.69) is 33.2 Å². The summed E-state index contributed by atoms with van der Waals surface area (Å²) in [4.78, 5) is 36.0. The molecule has 0 radical (unpaired) electrons. The molecule has 9 nitrogen and oxygen atoms in total. The fourth-order valence-corrected chi connectivity index (χ4v) is 4.75. The molecule has 0 saturated carbocycles. The third kappa shape index (κ3) is 4.36. The molecule has 1 amide bonds. The van der Waals surface area contributed by atoms with Gasteiger partial charge in [0, 0.05) is 49.3 Å². The highest BCUT2D eigenvalue weighted by Crippen LogP contribution is 2.47. The highest BCUT2D eigenvalue weighted by Gasteiger charge is 2.54. The number of nitrogens with zero attached hydrogens (tertiary/aromatic N) is 4. The molecule has 1 aromatic heterocycles. The molecule has 1 unspecified atom stereocenters. The van der Waals surface area contributed by atoms with Gasteiger partial charge in [-0.2, -0.15) is 5.26 Å². The van der Waals surface area contributed by atoms with Crippen molar-refractivity contribution in [3.63, 3.8) is 0 Å². The Bertz CT molecular complexity index is 1380. The Labute approximate surface area is 215 Å². The van der Waals surface area contributed by atoms with Gasteiger partial charge in [0.2, 0.25) is 11.5 Å². The van der Waals surface area contributed by atoms with Crippen LogP contribution in [0.3, 0.4) is 0 Å². The number of aromatic nitrogens is 1. The molecular formula is C28H27N5O4. The van der Waals surface area contributed by atoms with Crippen LogP contribution in [0.25, 0.3) is 0 Å². The second kappa shape index (κ2) is 9.91. The predicted molar refractivity (Wildman–Crippen MR) is 138 cm³/mol. The average molecular weight is 498 g/mol. The maximum atomic E-state index is 13.6. The molecule has 2 aliphatic heterocycles. The minimum Gasteiger partial charge on any atom is -0.478 e. The minimum atomic E-state index is -1.88. The van der Waals surface area contributed by atoms with E-state index in [1.165, 1.54) is 0 Å². The Morgan fingerprint density at radius 3 is 2.57 bits per heavy atom. The highest BCUT2D eigenvalue weighted by atomic mass is 16.6. The summed E-state index contributed by atoms with van der Waals surface area (Å²) in [5, 5.41) is 12.3. The van der Waals surface area contributed by atoms with Crippen LogP contribution in [-0.4, -0.2) is 61.6 Å². The van der Waals surface area contributed by atoms with Crippen LogP contribution in [-0.2, 0) is 15.1 Å². The number of nitrogens with one attached hydrogen (secondary N) is 1. The van der Waals surface area contributed by atoms with Crippen molar-refractivity contribution in [1.82, 2.24) is 9.88 Å². The van der Waals surface area contributed by atoms with Crippen molar-refractivity contribution < 1.29 is 19.1 Å².